The Labute approximate surface area is 112 Å². The molecule has 1 fully saturated rings. The van der Waals surface area contributed by atoms with Crippen molar-refractivity contribution in [1.82, 2.24) is 4.31 Å². The first-order valence-corrected chi connectivity index (χ1v) is 7.76. The van der Waals surface area contributed by atoms with Crippen molar-refractivity contribution in [2.45, 2.75) is 30.3 Å². The van der Waals surface area contributed by atoms with Crippen molar-refractivity contribution in [3.63, 3.8) is 0 Å². The van der Waals surface area contributed by atoms with Crippen LogP contribution in [0.5, 0.6) is 0 Å². The second-order valence-corrected chi connectivity index (χ2v) is 6.99. The van der Waals surface area contributed by atoms with E-state index in [2.05, 4.69) is 0 Å². The lowest BCUT2D eigenvalue weighted by molar-refractivity contribution is 0.123. The number of aliphatic hydroxyl groups excluding tert-OH is 1. The molecule has 2 unspecified atom stereocenters. The van der Waals surface area contributed by atoms with Gasteiger partial charge in [0, 0.05) is 13.6 Å². The smallest absolute Gasteiger partial charge is 0.245 e. The first-order chi connectivity index (χ1) is 8.93. The van der Waals surface area contributed by atoms with Crippen LogP contribution in [0.4, 0.5) is 4.39 Å². The molecule has 6 heteroatoms. The monoisotopic (exact) mass is 287 g/mol. The second kappa shape index (κ2) is 5.56. The molecule has 4 nitrogen and oxygen atoms in total. The third kappa shape index (κ3) is 2.96. The van der Waals surface area contributed by atoms with Crippen molar-refractivity contribution in [2.24, 2.45) is 5.92 Å². The van der Waals surface area contributed by atoms with Gasteiger partial charge in [0.25, 0.3) is 0 Å². The van der Waals surface area contributed by atoms with E-state index in [-0.39, 0.29) is 17.4 Å². The first-order valence-electron chi connectivity index (χ1n) is 6.32. The number of hydrogen-bond donors (Lipinski definition) is 1. The third-order valence-corrected chi connectivity index (χ3v) is 5.49. The second-order valence-electron chi connectivity index (χ2n) is 4.97. The molecule has 2 rings (SSSR count). The number of hydrogen-bond acceptors (Lipinski definition) is 3. The molecule has 1 aliphatic rings. The zero-order valence-electron chi connectivity index (χ0n) is 10.8. The summed E-state index contributed by atoms with van der Waals surface area (Å²) in [4.78, 5) is -0.315. The highest BCUT2D eigenvalue weighted by Crippen LogP contribution is 2.28. The van der Waals surface area contributed by atoms with Gasteiger partial charge >= 0.3 is 0 Å². The fraction of sp³-hybridized carbons (Fsp3) is 0.538. The lowest BCUT2D eigenvalue weighted by Gasteiger charge is -2.23. The quantitative estimate of drug-likeness (QED) is 0.915. The number of nitrogens with zero attached hydrogens (tertiary/aromatic N) is 1. The van der Waals surface area contributed by atoms with Crippen LogP contribution in [0.2, 0.25) is 0 Å². The van der Waals surface area contributed by atoms with Gasteiger partial charge in [0.05, 0.1) is 6.10 Å². The molecule has 0 aromatic heterocycles. The maximum absolute atomic E-state index is 13.6. The molecule has 0 spiro atoms. The Morgan fingerprint density at radius 2 is 2.05 bits per heavy atom. The highest BCUT2D eigenvalue weighted by atomic mass is 32.2. The number of sulfonamides is 1. The van der Waals surface area contributed by atoms with Crippen molar-refractivity contribution in [2.75, 3.05) is 13.6 Å². The number of aliphatic hydroxyl groups is 1. The molecule has 19 heavy (non-hydrogen) atoms. The summed E-state index contributed by atoms with van der Waals surface area (Å²) >= 11 is 0. The van der Waals surface area contributed by atoms with Crippen LogP contribution >= 0.6 is 0 Å². The molecular formula is C13H18FNO3S. The van der Waals surface area contributed by atoms with Gasteiger partial charge in [-0.3, -0.25) is 0 Å². The summed E-state index contributed by atoms with van der Waals surface area (Å²) in [6.07, 6.45) is 1.95. The van der Waals surface area contributed by atoms with Crippen LogP contribution in [0.3, 0.4) is 0 Å². The Morgan fingerprint density at radius 1 is 1.37 bits per heavy atom. The van der Waals surface area contributed by atoms with Crippen LogP contribution in [0.15, 0.2) is 29.2 Å². The Hall–Kier alpha value is -0.980. The normalized spacial score (nSPS) is 24.0. The van der Waals surface area contributed by atoms with Crippen LogP contribution in [-0.2, 0) is 10.0 Å². The fourth-order valence-corrected chi connectivity index (χ4v) is 3.77. The molecule has 0 radical (unpaired) electrons. The maximum Gasteiger partial charge on any atom is 0.245 e. The number of benzene rings is 1. The van der Waals surface area contributed by atoms with E-state index in [4.69, 9.17) is 0 Å². The Morgan fingerprint density at radius 3 is 2.63 bits per heavy atom. The SMILES string of the molecule is CN(CC1CCCC1O)S(=O)(=O)c1ccccc1F. The average molecular weight is 287 g/mol. The zero-order valence-corrected chi connectivity index (χ0v) is 11.6. The van der Waals surface area contributed by atoms with Gasteiger partial charge in [0.2, 0.25) is 10.0 Å². The van der Waals surface area contributed by atoms with Crippen molar-refractivity contribution < 1.29 is 17.9 Å². The van der Waals surface area contributed by atoms with Gasteiger partial charge in [-0.15, -0.1) is 0 Å². The minimum absolute atomic E-state index is 0.0634. The standard InChI is InChI=1S/C13H18FNO3S/c1-15(9-10-5-4-7-12(10)16)19(17,18)13-8-3-2-6-11(13)14/h2-3,6,8,10,12,16H,4-5,7,9H2,1H3. The van der Waals surface area contributed by atoms with Crippen molar-refractivity contribution in [1.29, 1.82) is 0 Å². The van der Waals surface area contributed by atoms with E-state index >= 15 is 0 Å². The third-order valence-electron chi connectivity index (χ3n) is 3.64. The van der Waals surface area contributed by atoms with Crippen molar-refractivity contribution >= 4 is 10.0 Å². The maximum atomic E-state index is 13.6. The Balaban J connectivity index is 2.18. The van der Waals surface area contributed by atoms with Crippen LogP contribution < -0.4 is 0 Å². The van der Waals surface area contributed by atoms with Gasteiger partial charge in [-0.25, -0.2) is 17.1 Å². The van der Waals surface area contributed by atoms with Gasteiger partial charge in [-0.1, -0.05) is 18.6 Å². The molecule has 0 aliphatic heterocycles. The van der Waals surface area contributed by atoms with Crippen molar-refractivity contribution in [3.8, 4) is 0 Å². The lowest BCUT2D eigenvalue weighted by Crippen LogP contribution is -2.34. The molecule has 1 saturated carbocycles. The van der Waals surface area contributed by atoms with Crippen LogP contribution in [-0.4, -0.2) is 37.5 Å². The number of halogens is 1. The summed E-state index contributed by atoms with van der Waals surface area (Å²) in [5.41, 5.74) is 0. The van der Waals surface area contributed by atoms with E-state index < -0.39 is 21.9 Å². The van der Waals surface area contributed by atoms with Crippen molar-refractivity contribution in [3.05, 3.63) is 30.1 Å². The highest BCUT2D eigenvalue weighted by molar-refractivity contribution is 7.89. The summed E-state index contributed by atoms with van der Waals surface area (Å²) in [7, 11) is -2.41. The molecule has 2 atom stereocenters. The van der Waals surface area contributed by atoms with Gasteiger partial charge in [-0.2, -0.15) is 0 Å². The van der Waals surface area contributed by atoms with E-state index in [1.54, 1.807) is 0 Å². The molecule has 106 valence electrons. The molecule has 1 N–H and O–H groups in total. The summed E-state index contributed by atoms with van der Waals surface area (Å²) < 4.78 is 39.2. The average Bonchev–Trinajstić information content (AvgIpc) is 2.75. The van der Waals surface area contributed by atoms with Crippen LogP contribution in [0, 0.1) is 11.7 Å². The van der Waals surface area contributed by atoms with E-state index in [1.165, 1.54) is 25.2 Å². The number of rotatable bonds is 4. The molecule has 0 heterocycles. The minimum atomic E-state index is -3.83. The predicted octanol–water partition coefficient (Wildman–Crippen LogP) is 1.61. The van der Waals surface area contributed by atoms with Crippen LogP contribution in [0.1, 0.15) is 19.3 Å². The Bertz CT molecular complexity index is 547. The van der Waals surface area contributed by atoms with Gasteiger partial charge in [0.15, 0.2) is 0 Å². The highest BCUT2D eigenvalue weighted by Gasteiger charge is 2.31. The molecule has 0 amide bonds. The first kappa shape index (κ1) is 14.4. The van der Waals surface area contributed by atoms with Crippen LogP contribution in [0.25, 0.3) is 0 Å². The van der Waals surface area contributed by atoms with E-state index in [9.17, 15) is 17.9 Å². The topological polar surface area (TPSA) is 57.6 Å². The zero-order chi connectivity index (χ0) is 14.0. The molecule has 0 saturated heterocycles. The van der Waals surface area contributed by atoms with Gasteiger partial charge in [0.1, 0.15) is 10.7 Å². The molecular weight excluding hydrogens is 269 g/mol. The molecule has 0 bridgehead atoms. The minimum Gasteiger partial charge on any atom is -0.393 e. The fourth-order valence-electron chi connectivity index (χ4n) is 2.48. The molecule has 1 aliphatic carbocycles. The van der Waals surface area contributed by atoms with E-state index in [0.717, 1.165) is 23.2 Å². The molecule has 1 aromatic rings. The summed E-state index contributed by atoms with van der Waals surface area (Å²) in [6.45, 7) is 0.220. The van der Waals surface area contributed by atoms with E-state index in [0.29, 0.717) is 6.42 Å². The largest absolute Gasteiger partial charge is 0.393 e. The van der Waals surface area contributed by atoms with Gasteiger partial charge < -0.3 is 5.11 Å². The summed E-state index contributed by atoms with van der Waals surface area (Å²) in [5, 5.41) is 9.73. The summed E-state index contributed by atoms with van der Waals surface area (Å²) in [5.74, 6) is -0.812. The predicted molar refractivity (Wildman–Crippen MR) is 69.6 cm³/mol. The Kier molecular flexibility index (Phi) is 4.23. The van der Waals surface area contributed by atoms with Gasteiger partial charge in [-0.05, 0) is 30.9 Å². The lowest BCUT2D eigenvalue weighted by atomic mass is 10.1. The molecule has 1 aromatic carbocycles. The van der Waals surface area contributed by atoms with E-state index in [1.807, 2.05) is 0 Å². The summed E-state index contributed by atoms with van der Waals surface area (Å²) in [6, 6.07) is 5.33.